The van der Waals surface area contributed by atoms with Crippen molar-refractivity contribution in [3.8, 4) is 0 Å². The summed E-state index contributed by atoms with van der Waals surface area (Å²) in [6, 6.07) is 5.80. The minimum atomic E-state index is -0.587. The highest BCUT2D eigenvalue weighted by molar-refractivity contribution is 6.42. The van der Waals surface area contributed by atoms with E-state index in [1.165, 1.54) is 0 Å². The number of halogens is 2. The van der Waals surface area contributed by atoms with E-state index >= 15 is 0 Å². The van der Waals surface area contributed by atoms with Gasteiger partial charge in [-0.25, -0.2) is 0 Å². The van der Waals surface area contributed by atoms with Crippen LogP contribution in [0.3, 0.4) is 0 Å². The first-order valence-electron chi connectivity index (χ1n) is 6.96. The molecular formula is C16H25Cl2NO. The van der Waals surface area contributed by atoms with E-state index in [0.29, 0.717) is 28.1 Å². The first kappa shape index (κ1) is 17.8. The topological polar surface area (TPSA) is 23.5 Å². The average molecular weight is 318 g/mol. The Balaban J connectivity index is 2.64. The Bertz CT molecular complexity index is 443. The molecule has 0 aromatic heterocycles. The van der Waals surface area contributed by atoms with Crippen molar-refractivity contribution in [3.63, 3.8) is 0 Å². The number of aliphatic hydroxyl groups excluding tert-OH is 1. The Morgan fingerprint density at radius 3 is 2.40 bits per heavy atom. The Morgan fingerprint density at radius 2 is 1.85 bits per heavy atom. The van der Waals surface area contributed by atoms with Gasteiger partial charge >= 0.3 is 0 Å². The van der Waals surface area contributed by atoms with Crippen molar-refractivity contribution < 1.29 is 5.11 Å². The molecule has 1 rings (SSSR count). The SMILES string of the molecule is CC(N(C)CCC(O)c1cccc(Cl)c1Cl)C(C)(C)C. The van der Waals surface area contributed by atoms with Crippen LogP contribution in [0.2, 0.25) is 10.0 Å². The molecule has 0 saturated heterocycles. The van der Waals surface area contributed by atoms with Crippen LogP contribution in [0.15, 0.2) is 18.2 Å². The maximum absolute atomic E-state index is 10.3. The van der Waals surface area contributed by atoms with Crippen molar-refractivity contribution in [2.45, 2.75) is 46.3 Å². The number of hydrogen-bond acceptors (Lipinski definition) is 2. The van der Waals surface area contributed by atoms with E-state index < -0.39 is 6.10 Å². The molecule has 0 heterocycles. The predicted molar refractivity (Wildman–Crippen MR) is 87.6 cm³/mol. The molecule has 0 aliphatic heterocycles. The third kappa shape index (κ3) is 4.63. The molecule has 0 spiro atoms. The van der Waals surface area contributed by atoms with E-state index in [0.717, 1.165) is 6.54 Å². The number of benzene rings is 1. The highest BCUT2D eigenvalue weighted by Crippen LogP contribution is 2.31. The van der Waals surface area contributed by atoms with Gasteiger partial charge in [-0.15, -0.1) is 0 Å². The van der Waals surface area contributed by atoms with Gasteiger partial charge in [0.1, 0.15) is 0 Å². The van der Waals surface area contributed by atoms with E-state index in [1.807, 2.05) is 12.1 Å². The molecule has 4 heteroatoms. The summed E-state index contributed by atoms with van der Waals surface area (Å²) in [4.78, 5) is 2.27. The summed E-state index contributed by atoms with van der Waals surface area (Å²) < 4.78 is 0. The Labute approximate surface area is 132 Å². The number of aliphatic hydroxyl groups is 1. The fraction of sp³-hybridized carbons (Fsp3) is 0.625. The minimum absolute atomic E-state index is 0.216. The van der Waals surface area contributed by atoms with Crippen LogP contribution in [-0.4, -0.2) is 29.6 Å². The van der Waals surface area contributed by atoms with Crippen molar-refractivity contribution in [2.24, 2.45) is 5.41 Å². The summed E-state index contributed by atoms with van der Waals surface area (Å²) in [5.74, 6) is 0. The molecule has 0 amide bonds. The first-order chi connectivity index (χ1) is 9.14. The van der Waals surface area contributed by atoms with Gasteiger partial charge in [-0.3, -0.25) is 0 Å². The maximum atomic E-state index is 10.3. The number of rotatable bonds is 5. The Hall–Kier alpha value is -0.280. The van der Waals surface area contributed by atoms with Gasteiger partial charge in [0.25, 0.3) is 0 Å². The van der Waals surface area contributed by atoms with Crippen LogP contribution in [0, 0.1) is 5.41 Å². The lowest BCUT2D eigenvalue weighted by atomic mass is 9.87. The van der Waals surface area contributed by atoms with Gasteiger partial charge in [-0.1, -0.05) is 56.1 Å². The van der Waals surface area contributed by atoms with Gasteiger partial charge in [0.15, 0.2) is 0 Å². The number of hydrogen-bond donors (Lipinski definition) is 1. The summed E-state index contributed by atoms with van der Waals surface area (Å²) in [7, 11) is 2.09. The van der Waals surface area contributed by atoms with Gasteiger partial charge < -0.3 is 10.0 Å². The first-order valence-corrected chi connectivity index (χ1v) is 7.72. The summed E-state index contributed by atoms with van der Waals surface area (Å²) in [5.41, 5.74) is 0.920. The van der Waals surface area contributed by atoms with Crippen LogP contribution in [0.25, 0.3) is 0 Å². The monoisotopic (exact) mass is 317 g/mol. The van der Waals surface area contributed by atoms with Crippen molar-refractivity contribution >= 4 is 23.2 Å². The smallest absolute Gasteiger partial charge is 0.0817 e. The molecule has 0 aliphatic rings. The second kappa shape index (κ2) is 7.13. The summed E-state index contributed by atoms with van der Waals surface area (Å²) in [5, 5.41) is 11.2. The molecule has 0 aliphatic carbocycles. The zero-order chi connectivity index (χ0) is 15.5. The van der Waals surface area contributed by atoms with Crippen molar-refractivity contribution in [2.75, 3.05) is 13.6 Å². The maximum Gasteiger partial charge on any atom is 0.0817 e. The van der Waals surface area contributed by atoms with Crippen LogP contribution in [-0.2, 0) is 0 Å². The van der Waals surface area contributed by atoms with Gasteiger partial charge in [0.05, 0.1) is 16.1 Å². The van der Waals surface area contributed by atoms with E-state index in [2.05, 4.69) is 39.6 Å². The van der Waals surface area contributed by atoms with E-state index in [1.54, 1.807) is 6.07 Å². The van der Waals surface area contributed by atoms with Gasteiger partial charge in [0.2, 0.25) is 0 Å². The van der Waals surface area contributed by atoms with Gasteiger partial charge in [-0.2, -0.15) is 0 Å². The van der Waals surface area contributed by atoms with Gasteiger partial charge in [0, 0.05) is 18.2 Å². The third-order valence-electron chi connectivity index (χ3n) is 4.01. The van der Waals surface area contributed by atoms with E-state index in [4.69, 9.17) is 23.2 Å². The summed E-state index contributed by atoms with van der Waals surface area (Å²) in [6.45, 7) is 9.68. The highest BCUT2D eigenvalue weighted by Gasteiger charge is 2.24. The average Bonchev–Trinajstić information content (AvgIpc) is 2.36. The molecule has 20 heavy (non-hydrogen) atoms. The Kier molecular flexibility index (Phi) is 6.33. The van der Waals surface area contributed by atoms with Crippen molar-refractivity contribution in [1.29, 1.82) is 0 Å². The summed E-state index contributed by atoms with van der Waals surface area (Å²) >= 11 is 12.1. The minimum Gasteiger partial charge on any atom is -0.388 e. The van der Waals surface area contributed by atoms with Crippen LogP contribution in [0.5, 0.6) is 0 Å². The molecule has 2 unspecified atom stereocenters. The molecule has 1 aromatic rings. The predicted octanol–water partition coefficient (Wildman–Crippen LogP) is 4.78. The van der Waals surface area contributed by atoms with Crippen LogP contribution in [0.4, 0.5) is 0 Å². The van der Waals surface area contributed by atoms with Crippen molar-refractivity contribution in [1.82, 2.24) is 4.90 Å². The third-order valence-corrected chi connectivity index (χ3v) is 4.84. The zero-order valence-electron chi connectivity index (χ0n) is 13.0. The Morgan fingerprint density at radius 1 is 1.25 bits per heavy atom. The lowest BCUT2D eigenvalue weighted by molar-refractivity contribution is 0.104. The second-order valence-corrected chi connectivity index (χ2v) is 7.26. The number of nitrogens with zero attached hydrogens (tertiary/aromatic N) is 1. The molecule has 0 bridgehead atoms. The highest BCUT2D eigenvalue weighted by atomic mass is 35.5. The molecule has 0 radical (unpaired) electrons. The fourth-order valence-corrected chi connectivity index (χ4v) is 2.55. The fourth-order valence-electron chi connectivity index (χ4n) is 2.11. The summed E-state index contributed by atoms with van der Waals surface area (Å²) in [6.07, 6.45) is 0.0487. The van der Waals surface area contributed by atoms with Crippen LogP contribution < -0.4 is 0 Å². The molecule has 0 saturated carbocycles. The van der Waals surface area contributed by atoms with Gasteiger partial charge in [-0.05, 0) is 31.9 Å². The molecule has 0 fully saturated rings. The molecule has 2 atom stereocenters. The quantitative estimate of drug-likeness (QED) is 0.844. The molecule has 1 N–H and O–H groups in total. The van der Waals surface area contributed by atoms with E-state index in [-0.39, 0.29) is 5.41 Å². The normalized spacial score (nSPS) is 15.4. The van der Waals surface area contributed by atoms with Crippen LogP contribution >= 0.6 is 23.2 Å². The molecule has 1 aromatic carbocycles. The van der Waals surface area contributed by atoms with E-state index in [9.17, 15) is 5.11 Å². The molecule has 2 nitrogen and oxygen atoms in total. The lowest BCUT2D eigenvalue weighted by Gasteiger charge is -2.35. The lowest BCUT2D eigenvalue weighted by Crippen LogP contribution is -2.40. The van der Waals surface area contributed by atoms with Crippen LogP contribution in [0.1, 0.15) is 45.8 Å². The zero-order valence-corrected chi connectivity index (χ0v) is 14.5. The standard InChI is InChI=1S/C16H25Cl2NO/c1-11(16(2,3)4)19(5)10-9-14(20)12-7-6-8-13(17)15(12)18/h6-8,11,14,20H,9-10H2,1-5H3. The molecular weight excluding hydrogens is 293 g/mol. The second-order valence-electron chi connectivity index (χ2n) is 6.47. The largest absolute Gasteiger partial charge is 0.388 e. The molecule has 114 valence electrons. The van der Waals surface area contributed by atoms with Crippen molar-refractivity contribution in [3.05, 3.63) is 33.8 Å².